The number of carbonyl (C=O) groups is 2. The van der Waals surface area contributed by atoms with Crippen LogP contribution in [0, 0.1) is 0 Å². The first-order valence-electron chi connectivity index (χ1n) is 4.49. The molecule has 13 heavy (non-hydrogen) atoms. The second kappa shape index (κ2) is 4.37. The predicted octanol–water partition coefficient (Wildman–Crippen LogP) is 0.213. The van der Waals surface area contributed by atoms with E-state index in [1.807, 2.05) is 6.92 Å². The molecule has 0 aliphatic carbocycles. The molecule has 0 aromatic heterocycles. The van der Waals surface area contributed by atoms with Crippen molar-refractivity contribution < 1.29 is 14.3 Å². The van der Waals surface area contributed by atoms with Crippen LogP contribution in [0.4, 0.5) is 0 Å². The molecule has 0 spiro atoms. The molecule has 1 fully saturated rings. The third kappa shape index (κ3) is 2.28. The van der Waals surface area contributed by atoms with Gasteiger partial charge in [0.05, 0.1) is 25.6 Å². The minimum absolute atomic E-state index is 0.0135. The van der Waals surface area contributed by atoms with Crippen molar-refractivity contribution in [2.75, 3.05) is 20.3 Å². The van der Waals surface area contributed by atoms with Gasteiger partial charge in [0.15, 0.2) is 5.78 Å². The Bertz CT molecular complexity index is 215. The second-order valence-electron chi connectivity index (χ2n) is 3.25. The highest BCUT2D eigenvalue weighted by Gasteiger charge is 2.31. The first kappa shape index (κ1) is 10.2. The standard InChI is InChI=1S/C9H15NO3/c1-3-7(6-13-2)10-5-8(11)4-9(10)12/h7H,3-6H2,1-2H3. The van der Waals surface area contributed by atoms with E-state index in [1.165, 1.54) is 0 Å². The lowest BCUT2D eigenvalue weighted by molar-refractivity contribution is -0.130. The summed E-state index contributed by atoms with van der Waals surface area (Å²) in [7, 11) is 1.60. The van der Waals surface area contributed by atoms with E-state index < -0.39 is 0 Å². The van der Waals surface area contributed by atoms with Crippen LogP contribution in [0.15, 0.2) is 0 Å². The topological polar surface area (TPSA) is 46.6 Å². The molecule has 4 nitrogen and oxygen atoms in total. The second-order valence-corrected chi connectivity index (χ2v) is 3.25. The molecule has 1 unspecified atom stereocenters. The maximum absolute atomic E-state index is 11.3. The Labute approximate surface area is 77.8 Å². The summed E-state index contributed by atoms with van der Waals surface area (Å²) in [5.74, 6) is -0.0477. The van der Waals surface area contributed by atoms with E-state index >= 15 is 0 Å². The zero-order valence-corrected chi connectivity index (χ0v) is 8.08. The van der Waals surface area contributed by atoms with Gasteiger partial charge in [0, 0.05) is 7.11 Å². The third-order valence-electron chi connectivity index (χ3n) is 2.29. The summed E-state index contributed by atoms with van der Waals surface area (Å²) in [4.78, 5) is 23.9. The van der Waals surface area contributed by atoms with Crippen LogP contribution in [-0.2, 0) is 14.3 Å². The Hall–Kier alpha value is -0.900. The summed E-state index contributed by atoms with van der Waals surface area (Å²) in [6.45, 7) is 2.76. The normalized spacial score (nSPS) is 19.7. The fraction of sp³-hybridized carbons (Fsp3) is 0.778. The monoisotopic (exact) mass is 185 g/mol. The van der Waals surface area contributed by atoms with Crippen LogP contribution in [0.2, 0.25) is 0 Å². The Kier molecular flexibility index (Phi) is 3.42. The van der Waals surface area contributed by atoms with Crippen LogP contribution in [0.3, 0.4) is 0 Å². The summed E-state index contributed by atoms with van der Waals surface area (Å²) in [6, 6.07) is 0.0592. The van der Waals surface area contributed by atoms with Crippen LogP contribution in [0.1, 0.15) is 19.8 Å². The number of Topliss-reactive ketones (excluding diaryl/α,β-unsaturated/α-hetero) is 1. The number of likely N-dealkylation sites (tertiary alicyclic amines) is 1. The molecule has 4 heteroatoms. The fourth-order valence-electron chi connectivity index (χ4n) is 1.56. The van der Waals surface area contributed by atoms with Crippen molar-refractivity contribution in [3.05, 3.63) is 0 Å². The number of ether oxygens (including phenoxy) is 1. The van der Waals surface area contributed by atoms with Gasteiger partial charge in [-0.05, 0) is 6.42 Å². The SMILES string of the molecule is CCC(COC)N1CC(=O)CC1=O. The van der Waals surface area contributed by atoms with Crippen molar-refractivity contribution in [3.8, 4) is 0 Å². The number of ketones is 1. The number of rotatable bonds is 4. The van der Waals surface area contributed by atoms with Crippen molar-refractivity contribution in [3.63, 3.8) is 0 Å². The van der Waals surface area contributed by atoms with E-state index in [0.717, 1.165) is 6.42 Å². The molecule has 0 saturated carbocycles. The molecule has 1 rings (SSSR count). The van der Waals surface area contributed by atoms with E-state index in [2.05, 4.69) is 0 Å². The van der Waals surface area contributed by atoms with Gasteiger partial charge in [0.1, 0.15) is 0 Å². The maximum atomic E-state index is 11.3. The van der Waals surface area contributed by atoms with Gasteiger partial charge in [0.2, 0.25) is 5.91 Å². The average Bonchev–Trinajstić information content (AvgIpc) is 2.41. The number of nitrogens with zero attached hydrogens (tertiary/aromatic N) is 1. The van der Waals surface area contributed by atoms with Gasteiger partial charge in [-0.25, -0.2) is 0 Å². The third-order valence-corrected chi connectivity index (χ3v) is 2.29. The zero-order chi connectivity index (χ0) is 9.84. The van der Waals surface area contributed by atoms with E-state index in [-0.39, 0.29) is 30.7 Å². The average molecular weight is 185 g/mol. The Morgan fingerprint density at radius 1 is 1.54 bits per heavy atom. The van der Waals surface area contributed by atoms with Crippen molar-refractivity contribution in [1.82, 2.24) is 4.90 Å². The molecule has 1 aliphatic rings. The highest BCUT2D eigenvalue weighted by molar-refractivity contribution is 6.05. The molecule has 1 amide bonds. The summed E-state index contributed by atoms with van der Waals surface area (Å²) < 4.78 is 4.99. The molecule has 0 aromatic rings. The van der Waals surface area contributed by atoms with Crippen LogP contribution >= 0.6 is 0 Å². The first-order valence-corrected chi connectivity index (χ1v) is 4.49. The first-order chi connectivity index (χ1) is 6.19. The molecule has 0 aromatic carbocycles. The van der Waals surface area contributed by atoms with Gasteiger partial charge < -0.3 is 9.64 Å². The number of hydrogen-bond donors (Lipinski definition) is 0. The fourth-order valence-corrected chi connectivity index (χ4v) is 1.56. The molecule has 1 saturated heterocycles. The molecular formula is C9H15NO3. The smallest absolute Gasteiger partial charge is 0.230 e. The molecule has 74 valence electrons. The molecule has 0 radical (unpaired) electrons. The Balaban J connectivity index is 2.58. The van der Waals surface area contributed by atoms with Crippen LogP contribution in [0.5, 0.6) is 0 Å². The number of carbonyl (C=O) groups excluding carboxylic acids is 2. The van der Waals surface area contributed by atoms with E-state index in [0.29, 0.717) is 6.61 Å². The maximum Gasteiger partial charge on any atom is 0.230 e. The van der Waals surface area contributed by atoms with Crippen LogP contribution in [0.25, 0.3) is 0 Å². The predicted molar refractivity (Wildman–Crippen MR) is 47.3 cm³/mol. The largest absolute Gasteiger partial charge is 0.383 e. The summed E-state index contributed by atoms with van der Waals surface area (Å²) >= 11 is 0. The molecule has 1 heterocycles. The van der Waals surface area contributed by atoms with Gasteiger partial charge in [0.25, 0.3) is 0 Å². The van der Waals surface area contributed by atoms with Crippen molar-refractivity contribution in [2.24, 2.45) is 0 Å². The molecule has 0 N–H and O–H groups in total. The lowest BCUT2D eigenvalue weighted by Crippen LogP contribution is -2.39. The van der Waals surface area contributed by atoms with Crippen molar-refractivity contribution in [2.45, 2.75) is 25.8 Å². The zero-order valence-electron chi connectivity index (χ0n) is 8.08. The Morgan fingerprint density at radius 3 is 2.62 bits per heavy atom. The highest BCUT2D eigenvalue weighted by atomic mass is 16.5. The minimum atomic E-state index is -0.0612. The van der Waals surface area contributed by atoms with Crippen LogP contribution in [-0.4, -0.2) is 42.9 Å². The number of amides is 1. The lowest BCUT2D eigenvalue weighted by Gasteiger charge is -2.25. The molecule has 0 bridgehead atoms. The Morgan fingerprint density at radius 2 is 2.23 bits per heavy atom. The van der Waals surface area contributed by atoms with Gasteiger partial charge >= 0.3 is 0 Å². The summed E-state index contributed by atoms with van der Waals surface area (Å²) in [6.07, 6.45) is 0.896. The summed E-state index contributed by atoms with van der Waals surface area (Å²) in [5.41, 5.74) is 0. The summed E-state index contributed by atoms with van der Waals surface area (Å²) in [5, 5.41) is 0. The molecule has 1 aliphatic heterocycles. The molecule has 1 atom stereocenters. The van der Waals surface area contributed by atoms with Gasteiger partial charge in [-0.1, -0.05) is 6.92 Å². The van der Waals surface area contributed by atoms with Crippen LogP contribution < -0.4 is 0 Å². The van der Waals surface area contributed by atoms with Gasteiger partial charge in [-0.3, -0.25) is 9.59 Å². The number of methoxy groups -OCH3 is 1. The lowest BCUT2D eigenvalue weighted by atomic mass is 10.2. The highest BCUT2D eigenvalue weighted by Crippen LogP contribution is 2.13. The van der Waals surface area contributed by atoms with E-state index in [1.54, 1.807) is 12.0 Å². The van der Waals surface area contributed by atoms with Crippen molar-refractivity contribution in [1.29, 1.82) is 0 Å². The van der Waals surface area contributed by atoms with E-state index in [4.69, 9.17) is 4.74 Å². The van der Waals surface area contributed by atoms with Gasteiger partial charge in [-0.15, -0.1) is 0 Å². The van der Waals surface area contributed by atoms with Gasteiger partial charge in [-0.2, -0.15) is 0 Å². The molecular weight excluding hydrogens is 170 g/mol. The van der Waals surface area contributed by atoms with E-state index in [9.17, 15) is 9.59 Å². The minimum Gasteiger partial charge on any atom is -0.383 e. The van der Waals surface area contributed by atoms with Crippen molar-refractivity contribution >= 4 is 11.7 Å². The quantitative estimate of drug-likeness (QED) is 0.588. The number of hydrogen-bond acceptors (Lipinski definition) is 3.